The lowest BCUT2D eigenvalue weighted by atomic mass is 10.0. The van der Waals surface area contributed by atoms with E-state index in [4.69, 9.17) is 0 Å². The Balaban J connectivity index is 0. The summed E-state index contributed by atoms with van der Waals surface area (Å²) in [5, 5.41) is 0. The zero-order valence-electron chi connectivity index (χ0n) is 20.3. The molecule has 0 radical (unpaired) electrons. The summed E-state index contributed by atoms with van der Waals surface area (Å²) in [6.07, 6.45) is 33.4. The topological polar surface area (TPSA) is 38.9 Å². The first kappa shape index (κ1) is 31.6. The molecule has 30 heavy (non-hydrogen) atoms. The van der Waals surface area contributed by atoms with Gasteiger partial charge in [0.1, 0.15) is 6.54 Å². The summed E-state index contributed by atoms with van der Waals surface area (Å²) in [6.45, 7) is 3.48. The van der Waals surface area contributed by atoms with Crippen LogP contribution in [0.1, 0.15) is 135 Å². The predicted molar refractivity (Wildman–Crippen MR) is 137 cm³/mol. The predicted octanol–water partition coefficient (Wildman–Crippen LogP) is 9.38. The molecule has 1 rings (SSSR count). The Bertz CT molecular complexity index is 411. The van der Waals surface area contributed by atoms with Crippen LogP contribution in [-0.2, 0) is 6.54 Å². The molecule has 0 saturated carbocycles. The smallest absolute Gasteiger partial charge is 0.168 e. The van der Waals surface area contributed by atoms with Crippen molar-refractivity contribution in [1.29, 1.82) is 0 Å². The number of aromatic nitrogens is 1. The van der Waals surface area contributed by atoms with Gasteiger partial charge >= 0.3 is 0 Å². The molecule has 0 saturated heterocycles. The molecule has 0 bridgehead atoms. The first-order valence-electron chi connectivity index (χ1n) is 12.9. The fourth-order valence-electron chi connectivity index (χ4n) is 4.13. The monoisotopic (exact) mass is 441 g/mol. The Hall–Kier alpha value is -0.600. The molecule has 3 N–H and O–H groups in total. The maximum atomic E-state index is 2.30. The Kier molecular flexibility index (Phi) is 27.8. The van der Waals surface area contributed by atoms with Gasteiger partial charge in [0.25, 0.3) is 0 Å². The van der Waals surface area contributed by atoms with Gasteiger partial charge in [-0.15, -0.1) is 12.4 Å². The van der Waals surface area contributed by atoms with Gasteiger partial charge in [0, 0.05) is 18.6 Å². The fraction of sp³-hybridized carbons (Fsp3) is 0.815. The average molecular weight is 442 g/mol. The van der Waals surface area contributed by atoms with Crippen LogP contribution in [0, 0.1) is 0 Å². The van der Waals surface area contributed by atoms with Crippen molar-refractivity contribution in [3.05, 3.63) is 30.6 Å². The van der Waals surface area contributed by atoms with Gasteiger partial charge in [0.2, 0.25) is 0 Å². The van der Waals surface area contributed by atoms with Crippen molar-refractivity contribution >= 4 is 12.4 Å². The second-order valence-electron chi connectivity index (χ2n) is 8.83. The van der Waals surface area contributed by atoms with Crippen LogP contribution in [0.2, 0.25) is 0 Å². The van der Waals surface area contributed by atoms with Gasteiger partial charge in [-0.2, -0.15) is 0 Å². The number of halogens is 1. The lowest BCUT2D eigenvalue weighted by Crippen LogP contribution is -2.32. The third kappa shape index (κ3) is 22.1. The summed E-state index contributed by atoms with van der Waals surface area (Å²) in [5.74, 6) is 0. The van der Waals surface area contributed by atoms with Crippen LogP contribution in [0.3, 0.4) is 0 Å². The third-order valence-corrected chi connectivity index (χ3v) is 6.05. The number of aryl methyl sites for hydroxylation is 1. The first-order valence-corrected chi connectivity index (χ1v) is 12.9. The van der Waals surface area contributed by atoms with Gasteiger partial charge < -0.3 is 6.15 Å². The summed E-state index contributed by atoms with van der Waals surface area (Å²) < 4.78 is 2.30. The van der Waals surface area contributed by atoms with Crippen LogP contribution in [0.15, 0.2) is 30.6 Å². The number of unbranched alkanes of at least 4 members (excludes halogenated alkanes) is 19. The molecule has 0 fully saturated rings. The first-order chi connectivity index (χ1) is 13.9. The minimum absolute atomic E-state index is 0. The highest BCUT2D eigenvalue weighted by Gasteiger charge is 1.98. The van der Waals surface area contributed by atoms with E-state index in [9.17, 15) is 0 Å². The zero-order chi connectivity index (χ0) is 20.0. The summed E-state index contributed by atoms with van der Waals surface area (Å²) in [7, 11) is 0. The second kappa shape index (κ2) is 26.4. The van der Waals surface area contributed by atoms with Gasteiger partial charge in [-0.25, -0.2) is 4.57 Å². The highest BCUT2D eigenvalue weighted by Crippen LogP contribution is 2.14. The van der Waals surface area contributed by atoms with Crippen LogP contribution in [0.5, 0.6) is 0 Å². The molecule has 1 aromatic heterocycles. The van der Waals surface area contributed by atoms with Gasteiger partial charge in [-0.05, 0) is 6.42 Å². The number of nitrogens with zero attached hydrogens (tertiary/aromatic N) is 1. The normalized spacial score (nSPS) is 10.4. The molecule has 1 aromatic rings. The summed E-state index contributed by atoms with van der Waals surface area (Å²) in [6, 6.07) is 6.33. The van der Waals surface area contributed by atoms with Crippen molar-refractivity contribution in [2.45, 2.75) is 142 Å². The van der Waals surface area contributed by atoms with E-state index in [1.165, 1.54) is 135 Å². The van der Waals surface area contributed by atoms with Crippen LogP contribution in [0.25, 0.3) is 0 Å². The molecule has 0 unspecified atom stereocenters. The quantitative estimate of drug-likeness (QED) is 0.150. The van der Waals surface area contributed by atoms with E-state index in [0.717, 1.165) is 0 Å². The van der Waals surface area contributed by atoms with Crippen LogP contribution in [-0.4, -0.2) is 0 Å². The van der Waals surface area contributed by atoms with Crippen LogP contribution < -0.4 is 10.7 Å². The van der Waals surface area contributed by atoms with E-state index in [1.807, 2.05) is 0 Å². The largest absolute Gasteiger partial charge is 0.344 e. The summed E-state index contributed by atoms with van der Waals surface area (Å²) >= 11 is 0. The Labute approximate surface area is 195 Å². The van der Waals surface area contributed by atoms with Crippen LogP contribution >= 0.6 is 12.4 Å². The lowest BCUT2D eigenvalue weighted by Gasteiger charge is -2.04. The molecule has 0 spiro atoms. The molecule has 0 atom stereocenters. The van der Waals surface area contributed by atoms with E-state index in [2.05, 4.69) is 42.1 Å². The van der Waals surface area contributed by atoms with E-state index in [-0.39, 0.29) is 18.6 Å². The van der Waals surface area contributed by atoms with Gasteiger partial charge in [0.05, 0.1) is 0 Å². The zero-order valence-corrected chi connectivity index (χ0v) is 21.1. The molecule has 0 aliphatic heterocycles. The van der Waals surface area contributed by atoms with E-state index in [0.29, 0.717) is 0 Å². The minimum atomic E-state index is 0. The number of hydrogen-bond donors (Lipinski definition) is 1. The molecule has 1 heterocycles. The summed E-state index contributed by atoms with van der Waals surface area (Å²) in [4.78, 5) is 0. The average Bonchev–Trinajstić information content (AvgIpc) is 2.73. The van der Waals surface area contributed by atoms with E-state index < -0.39 is 0 Å². The molecule has 0 aromatic carbocycles. The van der Waals surface area contributed by atoms with E-state index in [1.54, 1.807) is 0 Å². The highest BCUT2D eigenvalue weighted by molar-refractivity contribution is 5.85. The number of hydrogen-bond acceptors (Lipinski definition) is 1. The molecule has 0 aliphatic carbocycles. The number of rotatable bonds is 21. The van der Waals surface area contributed by atoms with Crippen molar-refractivity contribution in [1.82, 2.24) is 6.15 Å². The molecular weight excluding hydrogens is 388 g/mol. The SMILES string of the molecule is CCCCCCCCCCCCCCCCCCCCCC[n+]1ccccc1.Cl.N. The van der Waals surface area contributed by atoms with Crippen molar-refractivity contribution < 1.29 is 4.57 Å². The van der Waals surface area contributed by atoms with Crippen LogP contribution in [0.4, 0.5) is 0 Å². The van der Waals surface area contributed by atoms with E-state index >= 15 is 0 Å². The molecule has 0 amide bonds. The standard InChI is InChI=1S/C27H50N.ClH.H3N/c1-2-3-4-5-6-7-8-9-10-11-12-13-14-15-16-17-18-19-20-22-25-28-26-23-21-24-27-28;;/h21,23-24,26-27H,2-20,22,25H2,1H3;1H;1H3/q+1;;. The maximum Gasteiger partial charge on any atom is 0.168 e. The van der Waals surface area contributed by atoms with Gasteiger partial charge in [-0.3, -0.25) is 0 Å². The Morgan fingerprint density at radius 2 is 0.733 bits per heavy atom. The fourth-order valence-corrected chi connectivity index (χ4v) is 4.13. The Morgan fingerprint density at radius 3 is 1.07 bits per heavy atom. The second-order valence-corrected chi connectivity index (χ2v) is 8.83. The molecule has 2 nitrogen and oxygen atoms in total. The van der Waals surface area contributed by atoms with Crippen molar-refractivity contribution in [3.8, 4) is 0 Å². The van der Waals surface area contributed by atoms with Crippen molar-refractivity contribution in [2.24, 2.45) is 0 Å². The molecule has 0 aliphatic rings. The third-order valence-electron chi connectivity index (χ3n) is 6.05. The van der Waals surface area contributed by atoms with Gasteiger partial charge in [0.15, 0.2) is 12.4 Å². The molecular formula is C27H54ClN2+. The molecule has 3 heteroatoms. The van der Waals surface area contributed by atoms with Gasteiger partial charge in [-0.1, -0.05) is 129 Å². The number of pyridine rings is 1. The Morgan fingerprint density at radius 1 is 0.433 bits per heavy atom. The maximum absolute atomic E-state index is 2.30. The lowest BCUT2D eigenvalue weighted by molar-refractivity contribution is -0.697. The summed E-state index contributed by atoms with van der Waals surface area (Å²) in [5.41, 5.74) is 0. The van der Waals surface area contributed by atoms with Crippen molar-refractivity contribution in [2.75, 3.05) is 0 Å². The van der Waals surface area contributed by atoms with Crippen molar-refractivity contribution in [3.63, 3.8) is 0 Å². The molecule has 178 valence electrons. The highest BCUT2D eigenvalue weighted by atomic mass is 35.5. The minimum Gasteiger partial charge on any atom is -0.344 e.